The summed E-state index contributed by atoms with van der Waals surface area (Å²) in [5, 5.41) is 11.6. The average Bonchev–Trinajstić information content (AvgIpc) is 3.14. The van der Waals surface area contributed by atoms with E-state index in [1.807, 2.05) is 91.0 Å². The van der Waals surface area contributed by atoms with Crippen molar-refractivity contribution in [1.29, 1.82) is 0 Å². The first-order chi connectivity index (χ1) is 24.5. The molecule has 10 atom stereocenters. The molecule has 0 aromatic heterocycles. The molecule has 3 aromatic rings. The zero-order chi connectivity index (χ0) is 35.1. The maximum absolute atomic E-state index is 16.0. The van der Waals surface area contributed by atoms with Crippen LogP contribution in [0.4, 0.5) is 4.39 Å². The van der Waals surface area contributed by atoms with Gasteiger partial charge in [0.1, 0.15) is 18.3 Å². The highest BCUT2D eigenvalue weighted by Crippen LogP contribution is 2.35. The molecule has 0 saturated carbocycles. The summed E-state index contributed by atoms with van der Waals surface area (Å²) in [5.74, 6) is 0. The molecule has 2 fully saturated rings. The molecule has 2 heterocycles. The van der Waals surface area contributed by atoms with Crippen LogP contribution in [0.15, 0.2) is 106 Å². The first kappa shape index (κ1) is 36.6. The van der Waals surface area contributed by atoms with Gasteiger partial charge in [-0.2, -0.15) is 0 Å². The van der Waals surface area contributed by atoms with Crippen LogP contribution in [-0.2, 0) is 48.2 Å². The molecule has 0 spiro atoms. The fourth-order valence-electron chi connectivity index (χ4n) is 5.99. The Morgan fingerprint density at radius 1 is 0.660 bits per heavy atom. The maximum Gasteiger partial charge on any atom is 0.167 e. The van der Waals surface area contributed by atoms with Gasteiger partial charge in [-0.05, 0) is 40.2 Å². The molecule has 15 nitrogen and oxygen atoms in total. The van der Waals surface area contributed by atoms with Crippen molar-refractivity contribution < 1.29 is 32.8 Å². The van der Waals surface area contributed by atoms with Gasteiger partial charge in [-0.1, -0.05) is 106 Å². The van der Waals surface area contributed by atoms with Crippen molar-refractivity contribution in [2.45, 2.75) is 87.9 Å². The zero-order valence-electron chi connectivity index (χ0n) is 27.3. The van der Waals surface area contributed by atoms with Crippen LogP contribution in [0.5, 0.6) is 0 Å². The van der Waals surface area contributed by atoms with Gasteiger partial charge in [0, 0.05) is 14.7 Å². The van der Waals surface area contributed by atoms with Crippen molar-refractivity contribution in [2.24, 2.45) is 15.3 Å². The van der Waals surface area contributed by atoms with Crippen LogP contribution in [0.1, 0.15) is 23.6 Å². The second-order valence-corrected chi connectivity index (χ2v) is 11.8. The third-order valence-corrected chi connectivity index (χ3v) is 8.43. The van der Waals surface area contributed by atoms with E-state index in [2.05, 4.69) is 30.1 Å². The topological polar surface area (TPSA) is 202 Å². The standard InChI is InChI=1S/C34H38FN9O6/c1-22-28(35)33(47-20-25-15-9-4-10-16-25)32(26(48-22)17-39-42-36)50-34-30(41-44-38)29(40-43-37)31(46-19-24-13-7-3-8-14-24)27(49-34)21-45-18-23-11-5-2-6-12-23/h2-16,22,26-34H,17-21H2,1H3/t22-,26+,27+,28-,29+,30+,31-,32+,33+,34?/m0/s1. The van der Waals surface area contributed by atoms with Gasteiger partial charge in [0.05, 0.1) is 63.4 Å². The van der Waals surface area contributed by atoms with Crippen LogP contribution in [-0.4, -0.2) is 74.3 Å². The number of rotatable bonds is 16. The molecular formula is C34H38FN9O6. The molecule has 16 heteroatoms. The highest BCUT2D eigenvalue weighted by atomic mass is 19.1. The zero-order valence-corrected chi connectivity index (χ0v) is 27.3. The fraction of sp³-hybridized carbons (Fsp3) is 0.471. The van der Waals surface area contributed by atoms with Gasteiger partial charge in [0.2, 0.25) is 0 Å². The SMILES string of the molecule is C[C@@H]1O[C@H](CN=[N+]=[N-])[C@@H](OC2O[C@H](COCc3ccccc3)[C@H](OCc3ccccc3)[C@H](N=[N+]=[N-])[C@H]2N=[N+]=[N-])[C@H](OCc2ccccc2)[C@H]1F. The molecule has 2 saturated heterocycles. The molecule has 0 amide bonds. The molecule has 1 unspecified atom stereocenters. The number of nitrogens with zero attached hydrogens (tertiary/aromatic N) is 9. The molecule has 262 valence electrons. The lowest BCUT2D eigenvalue weighted by molar-refractivity contribution is -0.310. The fourth-order valence-corrected chi connectivity index (χ4v) is 5.99. The van der Waals surface area contributed by atoms with E-state index < -0.39 is 61.2 Å². The number of benzene rings is 3. The normalized spacial score (nSPS) is 29.2. The summed E-state index contributed by atoms with van der Waals surface area (Å²) < 4.78 is 53.3. The largest absolute Gasteiger partial charge is 0.374 e. The van der Waals surface area contributed by atoms with E-state index in [1.165, 1.54) is 0 Å². The Morgan fingerprint density at radius 3 is 1.76 bits per heavy atom. The van der Waals surface area contributed by atoms with Crippen LogP contribution < -0.4 is 0 Å². The summed E-state index contributed by atoms with van der Waals surface area (Å²) in [6.07, 6.45) is -9.25. The summed E-state index contributed by atoms with van der Waals surface area (Å²) in [6.45, 7) is 1.71. The highest BCUT2D eigenvalue weighted by Gasteiger charge is 2.52. The van der Waals surface area contributed by atoms with Crippen molar-refractivity contribution in [3.8, 4) is 0 Å². The first-order valence-electron chi connectivity index (χ1n) is 16.1. The quantitative estimate of drug-likeness (QED) is 0.0859. The van der Waals surface area contributed by atoms with E-state index in [4.69, 9.17) is 34.0 Å². The van der Waals surface area contributed by atoms with E-state index in [9.17, 15) is 11.1 Å². The third-order valence-electron chi connectivity index (χ3n) is 8.43. The van der Waals surface area contributed by atoms with Crippen LogP contribution >= 0.6 is 0 Å². The van der Waals surface area contributed by atoms with Crippen LogP contribution in [0.25, 0.3) is 31.3 Å². The molecule has 0 radical (unpaired) electrons. The summed E-state index contributed by atoms with van der Waals surface area (Å²) in [7, 11) is 0. The minimum Gasteiger partial charge on any atom is -0.374 e. The molecule has 0 bridgehead atoms. The van der Waals surface area contributed by atoms with Crippen molar-refractivity contribution in [2.75, 3.05) is 13.2 Å². The smallest absolute Gasteiger partial charge is 0.167 e. The second kappa shape index (κ2) is 18.9. The van der Waals surface area contributed by atoms with Gasteiger partial charge in [0.25, 0.3) is 0 Å². The Morgan fingerprint density at radius 2 is 1.20 bits per heavy atom. The summed E-state index contributed by atoms with van der Waals surface area (Å²) in [4.78, 5) is 8.89. The molecule has 3 aromatic carbocycles. The Labute approximate surface area is 288 Å². The van der Waals surface area contributed by atoms with E-state index in [-0.39, 0.29) is 33.0 Å². The summed E-state index contributed by atoms with van der Waals surface area (Å²) >= 11 is 0. The predicted octanol–water partition coefficient (Wildman–Crippen LogP) is 7.28. The number of halogens is 1. The van der Waals surface area contributed by atoms with Crippen molar-refractivity contribution in [3.05, 3.63) is 139 Å². The number of hydrogen-bond donors (Lipinski definition) is 0. The Balaban J connectivity index is 1.46. The molecule has 0 N–H and O–H groups in total. The molecule has 5 rings (SSSR count). The van der Waals surface area contributed by atoms with Gasteiger partial charge in [0.15, 0.2) is 12.5 Å². The van der Waals surface area contributed by atoms with E-state index in [0.29, 0.717) is 0 Å². The van der Waals surface area contributed by atoms with Gasteiger partial charge < -0.3 is 28.4 Å². The number of azide groups is 3. The number of alkyl halides is 1. The lowest BCUT2D eigenvalue weighted by Crippen LogP contribution is -2.63. The lowest BCUT2D eigenvalue weighted by atomic mass is 9.93. The van der Waals surface area contributed by atoms with Crippen LogP contribution in [0, 0.1) is 0 Å². The molecular weight excluding hydrogens is 649 g/mol. The highest BCUT2D eigenvalue weighted by molar-refractivity contribution is 5.15. The van der Waals surface area contributed by atoms with E-state index in [1.54, 1.807) is 6.92 Å². The van der Waals surface area contributed by atoms with Crippen LogP contribution in [0.3, 0.4) is 0 Å². The van der Waals surface area contributed by atoms with Gasteiger partial charge in [-0.3, -0.25) is 0 Å². The van der Waals surface area contributed by atoms with E-state index in [0.717, 1.165) is 16.7 Å². The molecule has 50 heavy (non-hydrogen) atoms. The number of ether oxygens (including phenoxy) is 6. The van der Waals surface area contributed by atoms with E-state index >= 15 is 4.39 Å². The van der Waals surface area contributed by atoms with Crippen molar-refractivity contribution in [3.63, 3.8) is 0 Å². The second-order valence-electron chi connectivity index (χ2n) is 11.8. The average molecular weight is 688 g/mol. The predicted molar refractivity (Wildman–Crippen MR) is 179 cm³/mol. The minimum absolute atomic E-state index is 0.0331. The lowest BCUT2D eigenvalue weighted by Gasteiger charge is -2.47. The Hall–Kier alpha value is -4.72. The monoisotopic (exact) mass is 687 g/mol. The van der Waals surface area contributed by atoms with Crippen molar-refractivity contribution in [1.82, 2.24) is 0 Å². The van der Waals surface area contributed by atoms with Gasteiger partial charge >= 0.3 is 0 Å². The maximum atomic E-state index is 16.0. The summed E-state index contributed by atoms with van der Waals surface area (Å²) in [6, 6.07) is 25.7. The summed E-state index contributed by atoms with van der Waals surface area (Å²) in [5.41, 5.74) is 31.0. The van der Waals surface area contributed by atoms with Crippen LogP contribution in [0.2, 0.25) is 0 Å². The third kappa shape index (κ3) is 9.71. The van der Waals surface area contributed by atoms with Crippen molar-refractivity contribution >= 4 is 0 Å². The molecule has 0 aliphatic carbocycles. The Kier molecular flexibility index (Phi) is 13.8. The first-order valence-corrected chi connectivity index (χ1v) is 16.1. The van der Waals surface area contributed by atoms with Gasteiger partial charge in [-0.25, -0.2) is 4.39 Å². The minimum atomic E-state index is -1.66. The number of hydrogen-bond acceptors (Lipinski definition) is 9. The van der Waals surface area contributed by atoms with Gasteiger partial charge in [-0.15, -0.1) is 0 Å². The Bertz CT molecular complexity index is 1630. The molecule has 2 aliphatic heterocycles. The molecule has 2 aliphatic rings.